The zero-order valence-electron chi connectivity index (χ0n) is 12.7. The highest BCUT2D eigenvalue weighted by Crippen LogP contribution is 2.10. The number of nitrogens with one attached hydrogen (secondary N) is 1. The molecule has 0 aliphatic heterocycles. The molecule has 0 saturated heterocycles. The minimum absolute atomic E-state index is 0.233. The molecule has 122 valence electrons. The number of halogens is 2. The summed E-state index contributed by atoms with van der Waals surface area (Å²) in [4.78, 5) is 11.9. The third kappa shape index (κ3) is 3.84. The number of rotatable bonds is 5. The van der Waals surface area contributed by atoms with Crippen molar-refractivity contribution in [3.05, 3.63) is 89.2 Å². The Morgan fingerprint density at radius 2 is 1.83 bits per heavy atom. The van der Waals surface area contributed by atoms with Gasteiger partial charge in [0.1, 0.15) is 11.6 Å². The molecule has 0 atom stereocenters. The van der Waals surface area contributed by atoms with E-state index < -0.39 is 17.5 Å². The van der Waals surface area contributed by atoms with Gasteiger partial charge in [0, 0.05) is 18.9 Å². The van der Waals surface area contributed by atoms with E-state index in [0.29, 0.717) is 6.54 Å². The summed E-state index contributed by atoms with van der Waals surface area (Å²) in [5.74, 6) is -2.04. The van der Waals surface area contributed by atoms with Crippen molar-refractivity contribution in [2.45, 2.75) is 13.1 Å². The summed E-state index contributed by atoms with van der Waals surface area (Å²) >= 11 is 0. The van der Waals surface area contributed by atoms with Crippen molar-refractivity contribution in [2.24, 2.45) is 0 Å². The van der Waals surface area contributed by atoms with Gasteiger partial charge in [-0.15, -0.1) is 0 Å². The Bertz CT molecular complexity index is 830. The van der Waals surface area contributed by atoms with E-state index in [1.807, 2.05) is 41.2 Å². The SMILES string of the molecule is O=C(NCc1ccc(Cn2cccn2)cc1)c1cc(F)ccc1F. The summed E-state index contributed by atoms with van der Waals surface area (Å²) in [5.41, 5.74) is 1.64. The van der Waals surface area contributed by atoms with E-state index in [1.165, 1.54) is 0 Å². The highest BCUT2D eigenvalue weighted by molar-refractivity contribution is 5.94. The summed E-state index contributed by atoms with van der Waals surface area (Å²) in [6.45, 7) is 0.894. The monoisotopic (exact) mass is 327 g/mol. The number of amides is 1. The first-order chi connectivity index (χ1) is 11.6. The molecule has 3 aromatic rings. The Morgan fingerprint density at radius 1 is 1.08 bits per heavy atom. The summed E-state index contributed by atoms with van der Waals surface area (Å²) < 4.78 is 28.5. The fraction of sp³-hybridized carbons (Fsp3) is 0.111. The molecule has 0 radical (unpaired) electrons. The highest BCUT2D eigenvalue weighted by atomic mass is 19.1. The van der Waals surface area contributed by atoms with Gasteiger partial charge >= 0.3 is 0 Å². The molecule has 1 aromatic heterocycles. The van der Waals surface area contributed by atoms with Crippen molar-refractivity contribution in [3.8, 4) is 0 Å². The van der Waals surface area contributed by atoms with Crippen molar-refractivity contribution in [1.82, 2.24) is 15.1 Å². The predicted molar refractivity (Wildman–Crippen MR) is 85.3 cm³/mol. The predicted octanol–water partition coefficient (Wildman–Crippen LogP) is 3.14. The molecule has 0 fully saturated rings. The van der Waals surface area contributed by atoms with Crippen LogP contribution in [0.25, 0.3) is 0 Å². The van der Waals surface area contributed by atoms with Crippen LogP contribution in [0.5, 0.6) is 0 Å². The van der Waals surface area contributed by atoms with Gasteiger partial charge in [-0.3, -0.25) is 9.48 Å². The fourth-order valence-corrected chi connectivity index (χ4v) is 2.29. The Morgan fingerprint density at radius 3 is 2.54 bits per heavy atom. The lowest BCUT2D eigenvalue weighted by molar-refractivity contribution is 0.0946. The molecule has 0 aliphatic rings. The van der Waals surface area contributed by atoms with Crippen molar-refractivity contribution in [3.63, 3.8) is 0 Å². The van der Waals surface area contributed by atoms with Crippen LogP contribution in [0.1, 0.15) is 21.5 Å². The maximum Gasteiger partial charge on any atom is 0.254 e. The number of hydrogen-bond acceptors (Lipinski definition) is 2. The second-order valence-corrected chi connectivity index (χ2v) is 5.33. The standard InChI is InChI=1S/C18H15F2N3O/c19-15-6-7-17(20)16(10-15)18(24)21-11-13-2-4-14(5-3-13)12-23-9-1-8-22-23/h1-10H,11-12H2,(H,21,24). The largest absolute Gasteiger partial charge is 0.348 e. The van der Waals surface area contributed by atoms with E-state index in [1.54, 1.807) is 6.20 Å². The van der Waals surface area contributed by atoms with Gasteiger partial charge in [-0.2, -0.15) is 5.10 Å². The average molecular weight is 327 g/mol. The third-order valence-electron chi connectivity index (χ3n) is 3.55. The van der Waals surface area contributed by atoms with E-state index in [9.17, 15) is 13.6 Å². The molecule has 0 aliphatic carbocycles. The van der Waals surface area contributed by atoms with Crippen LogP contribution < -0.4 is 5.32 Å². The van der Waals surface area contributed by atoms with Crippen LogP contribution >= 0.6 is 0 Å². The van der Waals surface area contributed by atoms with Gasteiger partial charge in [0.05, 0.1) is 12.1 Å². The number of nitrogens with zero attached hydrogens (tertiary/aromatic N) is 2. The van der Waals surface area contributed by atoms with Crippen LogP contribution in [0.3, 0.4) is 0 Å². The molecule has 0 saturated carbocycles. The molecule has 6 heteroatoms. The van der Waals surface area contributed by atoms with Gasteiger partial charge in [0.25, 0.3) is 5.91 Å². The van der Waals surface area contributed by atoms with E-state index in [0.717, 1.165) is 29.3 Å². The van der Waals surface area contributed by atoms with Gasteiger partial charge in [-0.25, -0.2) is 8.78 Å². The molecular formula is C18H15F2N3O. The second kappa shape index (κ2) is 7.04. The van der Waals surface area contributed by atoms with Crippen molar-refractivity contribution in [2.75, 3.05) is 0 Å². The summed E-state index contributed by atoms with van der Waals surface area (Å²) in [7, 11) is 0. The maximum atomic E-state index is 13.5. The van der Waals surface area contributed by atoms with E-state index in [2.05, 4.69) is 10.4 Å². The zero-order valence-corrected chi connectivity index (χ0v) is 12.7. The van der Waals surface area contributed by atoms with E-state index in [-0.39, 0.29) is 12.1 Å². The molecule has 4 nitrogen and oxygen atoms in total. The van der Waals surface area contributed by atoms with Gasteiger partial charge in [0.15, 0.2) is 0 Å². The van der Waals surface area contributed by atoms with Crippen molar-refractivity contribution in [1.29, 1.82) is 0 Å². The Hall–Kier alpha value is -3.02. The number of aromatic nitrogens is 2. The molecule has 2 aromatic carbocycles. The van der Waals surface area contributed by atoms with Gasteiger partial charge in [0.2, 0.25) is 0 Å². The van der Waals surface area contributed by atoms with Gasteiger partial charge in [-0.1, -0.05) is 24.3 Å². The number of hydrogen-bond donors (Lipinski definition) is 1. The van der Waals surface area contributed by atoms with Gasteiger partial charge < -0.3 is 5.32 Å². The van der Waals surface area contributed by atoms with Crippen LogP contribution in [0.4, 0.5) is 8.78 Å². The highest BCUT2D eigenvalue weighted by Gasteiger charge is 2.12. The molecule has 1 N–H and O–H groups in total. The number of carbonyl (C=O) groups excluding carboxylic acids is 1. The molecule has 1 heterocycles. The quantitative estimate of drug-likeness (QED) is 0.782. The Balaban J connectivity index is 1.60. The molecule has 3 rings (SSSR count). The Kier molecular flexibility index (Phi) is 4.65. The molecule has 0 spiro atoms. The third-order valence-corrected chi connectivity index (χ3v) is 3.55. The van der Waals surface area contributed by atoms with Crippen molar-refractivity contribution < 1.29 is 13.6 Å². The summed E-state index contributed by atoms with van der Waals surface area (Å²) in [5, 5.41) is 6.72. The van der Waals surface area contributed by atoms with Crippen LogP contribution in [0.15, 0.2) is 60.9 Å². The lowest BCUT2D eigenvalue weighted by Gasteiger charge is -2.08. The summed E-state index contributed by atoms with van der Waals surface area (Å²) in [6.07, 6.45) is 3.59. The fourth-order valence-electron chi connectivity index (χ4n) is 2.29. The van der Waals surface area contributed by atoms with Crippen molar-refractivity contribution >= 4 is 5.91 Å². The first-order valence-electron chi connectivity index (χ1n) is 7.40. The summed E-state index contributed by atoms with van der Waals surface area (Å²) in [6, 6.07) is 12.3. The first kappa shape index (κ1) is 15.9. The van der Waals surface area contributed by atoms with Crippen LogP contribution in [0, 0.1) is 11.6 Å². The lowest BCUT2D eigenvalue weighted by atomic mass is 10.1. The number of carbonyl (C=O) groups is 1. The normalized spacial score (nSPS) is 10.6. The molecule has 0 unspecified atom stereocenters. The minimum atomic E-state index is -0.747. The Labute approximate surface area is 137 Å². The zero-order chi connectivity index (χ0) is 16.9. The topological polar surface area (TPSA) is 46.9 Å². The average Bonchev–Trinajstić information content (AvgIpc) is 3.09. The van der Waals surface area contributed by atoms with Crippen LogP contribution in [-0.2, 0) is 13.1 Å². The van der Waals surface area contributed by atoms with E-state index in [4.69, 9.17) is 0 Å². The molecular weight excluding hydrogens is 312 g/mol. The molecule has 24 heavy (non-hydrogen) atoms. The maximum absolute atomic E-state index is 13.5. The molecule has 1 amide bonds. The first-order valence-corrected chi connectivity index (χ1v) is 7.40. The smallest absolute Gasteiger partial charge is 0.254 e. The van der Waals surface area contributed by atoms with Crippen LogP contribution in [-0.4, -0.2) is 15.7 Å². The lowest BCUT2D eigenvalue weighted by Crippen LogP contribution is -2.24. The van der Waals surface area contributed by atoms with Crippen LogP contribution in [0.2, 0.25) is 0 Å². The number of benzene rings is 2. The second-order valence-electron chi connectivity index (χ2n) is 5.33. The van der Waals surface area contributed by atoms with Gasteiger partial charge in [-0.05, 0) is 35.4 Å². The van der Waals surface area contributed by atoms with E-state index >= 15 is 0 Å². The molecule has 0 bridgehead atoms. The minimum Gasteiger partial charge on any atom is -0.348 e.